The molecule has 2 rings (SSSR count). The molecule has 20 heavy (non-hydrogen) atoms. The average molecular weight is 357 g/mol. The molecule has 1 aromatic carbocycles. The number of amides is 1. The Bertz CT molecular complexity index is 650. The Morgan fingerprint density at radius 3 is 2.70 bits per heavy atom. The van der Waals surface area contributed by atoms with Crippen LogP contribution in [-0.2, 0) is 0 Å². The Labute approximate surface area is 128 Å². The molecule has 1 amide bonds. The number of carbonyl (C=O) groups excluding carboxylic acids is 1. The molecule has 0 aliphatic rings. The number of phenols is 1. The normalized spacial score (nSPS) is 10.4. The summed E-state index contributed by atoms with van der Waals surface area (Å²) in [4.78, 5) is 17.5. The SMILES string of the molecule is COc1cc(C(=O)Nc2nc(C)c(C)s2)cc(Br)c1O. The van der Waals surface area contributed by atoms with E-state index in [0.29, 0.717) is 15.2 Å². The summed E-state index contributed by atoms with van der Waals surface area (Å²) in [6.45, 7) is 3.84. The van der Waals surface area contributed by atoms with Crippen molar-refractivity contribution in [1.82, 2.24) is 4.98 Å². The molecule has 0 radical (unpaired) electrons. The maximum Gasteiger partial charge on any atom is 0.257 e. The van der Waals surface area contributed by atoms with Gasteiger partial charge in [-0.15, -0.1) is 11.3 Å². The number of anilines is 1. The molecule has 2 aromatic rings. The number of methoxy groups -OCH3 is 1. The van der Waals surface area contributed by atoms with Crippen molar-refractivity contribution in [2.45, 2.75) is 13.8 Å². The van der Waals surface area contributed by atoms with Crippen molar-refractivity contribution in [3.8, 4) is 11.5 Å². The summed E-state index contributed by atoms with van der Waals surface area (Å²) in [7, 11) is 1.43. The van der Waals surface area contributed by atoms with Crippen LogP contribution in [0.5, 0.6) is 11.5 Å². The molecule has 0 saturated carbocycles. The zero-order valence-electron chi connectivity index (χ0n) is 11.2. The van der Waals surface area contributed by atoms with Gasteiger partial charge in [0.15, 0.2) is 16.6 Å². The van der Waals surface area contributed by atoms with E-state index in [0.717, 1.165) is 10.6 Å². The molecule has 0 aliphatic heterocycles. The van der Waals surface area contributed by atoms with Gasteiger partial charge in [-0.05, 0) is 41.9 Å². The summed E-state index contributed by atoms with van der Waals surface area (Å²) in [5.74, 6) is -0.112. The molecule has 0 atom stereocenters. The van der Waals surface area contributed by atoms with Crippen molar-refractivity contribution >= 4 is 38.3 Å². The molecule has 2 N–H and O–H groups in total. The number of thiazole rings is 1. The van der Waals surface area contributed by atoms with Gasteiger partial charge in [-0.1, -0.05) is 0 Å². The van der Waals surface area contributed by atoms with Crippen LogP contribution in [0.15, 0.2) is 16.6 Å². The molecule has 7 heteroatoms. The van der Waals surface area contributed by atoms with E-state index in [9.17, 15) is 9.90 Å². The van der Waals surface area contributed by atoms with Gasteiger partial charge in [-0.3, -0.25) is 10.1 Å². The van der Waals surface area contributed by atoms with Crippen molar-refractivity contribution in [3.05, 3.63) is 32.7 Å². The fourth-order valence-electron chi connectivity index (χ4n) is 1.56. The van der Waals surface area contributed by atoms with Crippen LogP contribution < -0.4 is 10.1 Å². The minimum atomic E-state index is -0.308. The average Bonchev–Trinajstić information content (AvgIpc) is 2.71. The quantitative estimate of drug-likeness (QED) is 0.882. The smallest absolute Gasteiger partial charge is 0.257 e. The molecule has 0 spiro atoms. The fourth-order valence-corrected chi connectivity index (χ4v) is 2.81. The van der Waals surface area contributed by atoms with Crippen LogP contribution in [0.4, 0.5) is 5.13 Å². The van der Waals surface area contributed by atoms with E-state index in [2.05, 4.69) is 26.2 Å². The zero-order chi connectivity index (χ0) is 14.9. The minimum Gasteiger partial charge on any atom is -0.503 e. The summed E-state index contributed by atoms with van der Waals surface area (Å²) in [5.41, 5.74) is 1.27. The van der Waals surface area contributed by atoms with E-state index >= 15 is 0 Å². The van der Waals surface area contributed by atoms with Crippen LogP contribution in [-0.4, -0.2) is 23.1 Å². The molecule has 1 aromatic heterocycles. The van der Waals surface area contributed by atoms with E-state index in [1.807, 2.05) is 13.8 Å². The number of hydrogen-bond donors (Lipinski definition) is 2. The Morgan fingerprint density at radius 2 is 2.15 bits per heavy atom. The lowest BCUT2D eigenvalue weighted by Gasteiger charge is -2.08. The van der Waals surface area contributed by atoms with E-state index < -0.39 is 0 Å². The third-order valence-electron chi connectivity index (χ3n) is 2.76. The van der Waals surface area contributed by atoms with Gasteiger partial charge < -0.3 is 9.84 Å². The zero-order valence-corrected chi connectivity index (χ0v) is 13.6. The summed E-state index contributed by atoms with van der Waals surface area (Å²) in [6.07, 6.45) is 0. The van der Waals surface area contributed by atoms with Crippen LogP contribution in [0.1, 0.15) is 20.9 Å². The number of aromatic nitrogens is 1. The predicted molar refractivity (Wildman–Crippen MR) is 81.9 cm³/mol. The number of hydrogen-bond acceptors (Lipinski definition) is 5. The van der Waals surface area contributed by atoms with Gasteiger partial charge >= 0.3 is 0 Å². The van der Waals surface area contributed by atoms with Gasteiger partial charge in [0.1, 0.15) is 0 Å². The Balaban J connectivity index is 2.27. The Hall–Kier alpha value is -1.60. The fraction of sp³-hybridized carbons (Fsp3) is 0.231. The lowest BCUT2D eigenvalue weighted by atomic mass is 10.2. The number of nitrogens with zero attached hydrogens (tertiary/aromatic N) is 1. The minimum absolute atomic E-state index is 0.0370. The van der Waals surface area contributed by atoms with E-state index in [4.69, 9.17) is 4.74 Å². The van der Waals surface area contributed by atoms with Crippen LogP contribution in [0.3, 0.4) is 0 Å². The van der Waals surface area contributed by atoms with Crippen molar-refractivity contribution in [3.63, 3.8) is 0 Å². The summed E-state index contributed by atoms with van der Waals surface area (Å²) in [6, 6.07) is 3.00. The van der Waals surface area contributed by atoms with Gasteiger partial charge in [0.25, 0.3) is 5.91 Å². The van der Waals surface area contributed by atoms with Crippen LogP contribution in [0.2, 0.25) is 0 Å². The van der Waals surface area contributed by atoms with Crippen LogP contribution in [0, 0.1) is 13.8 Å². The number of carbonyl (C=O) groups is 1. The maximum absolute atomic E-state index is 12.2. The highest BCUT2D eigenvalue weighted by Crippen LogP contribution is 2.35. The molecule has 0 saturated heterocycles. The molecule has 0 unspecified atom stereocenters. The Morgan fingerprint density at radius 1 is 1.45 bits per heavy atom. The largest absolute Gasteiger partial charge is 0.503 e. The van der Waals surface area contributed by atoms with Crippen molar-refractivity contribution < 1.29 is 14.6 Å². The van der Waals surface area contributed by atoms with Gasteiger partial charge in [-0.25, -0.2) is 4.98 Å². The molecule has 1 heterocycles. The standard InChI is InChI=1S/C13H13BrN2O3S/c1-6-7(2)20-13(15-6)16-12(18)8-4-9(14)11(17)10(5-8)19-3/h4-5,17H,1-3H3,(H,15,16,18). The number of halogens is 1. The third-order valence-corrected chi connectivity index (χ3v) is 4.35. The molecular formula is C13H13BrN2O3S. The van der Waals surface area contributed by atoms with Gasteiger partial charge in [0.05, 0.1) is 17.3 Å². The number of nitrogens with one attached hydrogen (secondary N) is 1. The molecule has 0 bridgehead atoms. The highest BCUT2D eigenvalue weighted by Gasteiger charge is 2.15. The van der Waals surface area contributed by atoms with E-state index in [1.165, 1.54) is 30.6 Å². The highest BCUT2D eigenvalue weighted by atomic mass is 79.9. The van der Waals surface area contributed by atoms with Gasteiger partial charge in [-0.2, -0.15) is 0 Å². The van der Waals surface area contributed by atoms with Crippen molar-refractivity contribution in [1.29, 1.82) is 0 Å². The van der Waals surface area contributed by atoms with Crippen LogP contribution in [0.25, 0.3) is 0 Å². The molecule has 106 valence electrons. The second kappa shape index (κ2) is 5.80. The number of rotatable bonds is 3. The lowest BCUT2D eigenvalue weighted by Crippen LogP contribution is -2.12. The van der Waals surface area contributed by atoms with Crippen molar-refractivity contribution in [2.24, 2.45) is 0 Å². The van der Waals surface area contributed by atoms with Gasteiger partial charge in [0, 0.05) is 10.4 Å². The summed E-state index contributed by atoms with van der Waals surface area (Å²) >= 11 is 4.60. The third kappa shape index (κ3) is 2.94. The van der Waals surface area contributed by atoms with E-state index in [1.54, 1.807) is 0 Å². The Kier molecular flexibility index (Phi) is 4.29. The first-order valence-corrected chi connectivity index (χ1v) is 7.35. The lowest BCUT2D eigenvalue weighted by molar-refractivity contribution is 0.102. The number of phenolic OH excluding ortho intramolecular Hbond substituents is 1. The molecule has 0 aliphatic carbocycles. The first kappa shape index (κ1) is 14.8. The maximum atomic E-state index is 12.2. The topological polar surface area (TPSA) is 71.5 Å². The monoisotopic (exact) mass is 356 g/mol. The second-order valence-electron chi connectivity index (χ2n) is 4.12. The summed E-state index contributed by atoms with van der Waals surface area (Å²) < 4.78 is 5.41. The summed E-state index contributed by atoms with van der Waals surface area (Å²) in [5, 5.41) is 13.0. The number of aromatic hydroxyl groups is 1. The van der Waals surface area contributed by atoms with Crippen LogP contribution >= 0.6 is 27.3 Å². The molecule has 5 nitrogen and oxygen atoms in total. The van der Waals surface area contributed by atoms with Crippen molar-refractivity contribution in [2.75, 3.05) is 12.4 Å². The van der Waals surface area contributed by atoms with E-state index in [-0.39, 0.29) is 17.4 Å². The predicted octanol–water partition coefficient (Wildman–Crippen LogP) is 3.49. The first-order valence-electron chi connectivity index (χ1n) is 5.74. The first-order chi connectivity index (χ1) is 9.42. The molecular weight excluding hydrogens is 344 g/mol. The van der Waals surface area contributed by atoms with Gasteiger partial charge in [0.2, 0.25) is 0 Å². The number of aryl methyl sites for hydroxylation is 2. The number of ether oxygens (including phenoxy) is 1. The molecule has 0 fully saturated rings. The second-order valence-corrected chi connectivity index (χ2v) is 6.18. The highest BCUT2D eigenvalue weighted by molar-refractivity contribution is 9.10. The number of benzene rings is 1.